The van der Waals surface area contributed by atoms with Crippen molar-refractivity contribution in [3.63, 3.8) is 0 Å². The molecule has 1 N–H and O–H groups in total. The molecule has 4 rings (SSSR count). The molecule has 1 aliphatic carbocycles. The van der Waals surface area contributed by atoms with Crippen LogP contribution in [0, 0.1) is 17.2 Å². The van der Waals surface area contributed by atoms with Gasteiger partial charge in [-0.15, -0.1) is 11.3 Å². The summed E-state index contributed by atoms with van der Waals surface area (Å²) < 4.78 is 0. The van der Waals surface area contributed by atoms with Crippen LogP contribution < -0.4 is 5.32 Å². The van der Waals surface area contributed by atoms with E-state index >= 15 is 0 Å². The fraction of sp³-hybridized carbons (Fsp3) is 0.417. The minimum Gasteiger partial charge on any atom is -0.317 e. The number of hydrogen-bond donors (Lipinski definition) is 1. The Morgan fingerprint density at radius 1 is 1.19 bits per heavy atom. The maximum absolute atomic E-state index is 12.4. The van der Waals surface area contributed by atoms with Gasteiger partial charge in [-0.1, -0.05) is 25.5 Å². The Morgan fingerprint density at radius 3 is 2.58 bits per heavy atom. The van der Waals surface area contributed by atoms with Gasteiger partial charge >= 0.3 is 0 Å². The van der Waals surface area contributed by atoms with Crippen LogP contribution in [-0.2, 0) is 17.6 Å². The number of benzene rings is 1. The third-order valence-electron chi connectivity index (χ3n) is 6.04. The van der Waals surface area contributed by atoms with E-state index in [1.807, 2.05) is 0 Å². The first-order valence-electron chi connectivity index (χ1n) is 10.8. The molecule has 3 amide bonds. The lowest BCUT2D eigenvalue weighted by Gasteiger charge is -2.17. The number of amides is 3. The molecule has 1 aromatic carbocycles. The molecule has 1 unspecified atom stereocenters. The fourth-order valence-corrected chi connectivity index (χ4v) is 5.70. The van der Waals surface area contributed by atoms with Gasteiger partial charge in [0, 0.05) is 17.8 Å². The zero-order valence-corrected chi connectivity index (χ0v) is 18.4. The fourth-order valence-electron chi connectivity index (χ4n) is 4.32. The normalized spacial score (nSPS) is 17.3. The van der Waals surface area contributed by atoms with Gasteiger partial charge in [-0.3, -0.25) is 19.3 Å². The summed E-state index contributed by atoms with van der Waals surface area (Å²) in [7, 11) is 0. The number of fused-ring (bicyclic) bond motifs is 2. The maximum atomic E-state index is 12.4. The number of nitriles is 1. The quantitative estimate of drug-likeness (QED) is 0.511. The van der Waals surface area contributed by atoms with Crippen molar-refractivity contribution >= 4 is 34.1 Å². The molecule has 0 saturated carbocycles. The Balaban J connectivity index is 1.24. The van der Waals surface area contributed by atoms with Crippen LogP contribution in [0.2, 0.25) is 0 Å². The molecule has 2 aromatic rings. The van der Waals surface area contributed by atoms with Gasteiger partial charge in [0.15, 0.2) is 0 Å². The highest BCUT2D eigenvalue weighted by Crippen LogP contribution is 2.39. The first-order valence-corrected chi connectivity index (χ1v) is 11.6. The Hall–Kier alpha value is -2.98. The SMILES string of the molecule is CC1CCc2c(sc(NC(=O)CCCCCN3C(=O)c4ccccc4C3=O)c2C#N)C1. The number of nitrogens with one attached hydrogen (secondary N) is 1. The van der Waals surface area contributed by atoms with Crippen molar-refractivity contribution in [2.75, 3.05) is 11.9 Å². The van der Waals surface area contributed by atoms with Crippen LogP contribution in [0.3, 0.4) is 0 Å². The van der Waals surface area contributed by atoms with E-state index in [4.69, 9.17) is 0 Å². The number of rotatable bonds is 7. The Kier molecular flexibility index (Phi) is 6.19. The highest BCUT2D eigenvalue weighted by Gasteiger charge is 2.34. The highest BCUT2D eigenvalue weighted by molar-refractivity contribution is 7.16. The van der Waals surface area contributed by atoms with Gasteiger partial charge in [0.25, 0.3) is 11.8 Å². The number of anilines is 1. The number of hydrogen-bond acceptors (Lipinski definition) is 5. The van der Waals surface area contributed by atoms with Crippen molar-refractivity contribution in [1.82, 2.24) is 4.90 Å². The van der Waals surface area contributed by atoms with Crippen molar-refractivity contribution in [3.05, 3.63) is 51.4 Å². The van der Waals surface area contributed by atoms with Gasteiger partial charge < -0.3 is 5.32 Å². The second kappa shape index (κ2) is 9.03. The molecule has 31 heavy (non-hydrogen) atoms. The minimum absolute atomic E-state index is 0.0936. The second-order valence-corrected chi connectivity index (χ2v) is 9.44. The first kappa shape index (κ1) is 21.3. The summed E-state index contributed by atoms with van der Waals surface area (Å²) in [6.07, 6.45) is 5.38. The lowest BCUT2D eigenvalue weighted by atomic mass is 9.88. The molecule has 0 spiro atoms. The number of nitrogens with zero attached hydrogens (tertiary/aromatic N) is 2. The van der Waals surface area contributed by atoms with E-state index in [1.165, 1.54) is 21.1 Å². The second-order valence-electron chi connectivity index (χ2n) is 8.33. The summed E-state index contributed by atoms with van der Waals surface area (Å²) in [6.45, 7) is 2.58. The monoisotopic (exact) mass is 435 g/mol. The van der Waals surface area contributed by atoms with E-state index in [0.717, 1.165) is 31.2 Å². The molecule has 2 aliphatic rings. The zero-order chi connectivity index (χ0) is 22.0. The van der Waals surface area contributed by atoms with Crippen LogP contribution in [0.15, 0.2) is 24.3 Å². The molecule has 2 heterocycles. The van der Waals surface area contributed by atoms with Crippen molar-refractivity contribution in [3.8, 4) is 6.07 Å². The Morgan fingerprint density at radius 2 is 1.90 bits per heavy atom. The number of unbranched alkanes of at least 4 members (excludes halogenated alkanes) is 2. The molecule has 1 atom stereocenters. The largest absolute Gasteiger partial charge is 0.317 e. The van der Waals surface area contributed by atoms with Crippen molar-refractivity contribution in [1.29, 1.82) is 5.26 Å². The molecule has 160 valence electrons. The number of carbonyl (C=O) groups excluding carboxylic acids is 3. The summed E-state index contributed by atoms with van der Waals surface area (Å²) in [5.74, 6) is 0.0454. The molecular formula is C24H25N3O3S. The number of carbonyl (C=O) groups is 3. The van der Waals surface area contributed by atoms with Gasteiger partial charge in [0.2, 0.25) is 5.91 Å². The maximum Gasteiger partial charge on any atom is 0.261 e. The third kappa shape index (κ3) is 4.26. The molecule has 1 aromatic heterocycles. The average molecular weight is 436 g/mol. The van der Waals surface area contributed by atoms with E-state index in [9.17, 15) is 19.6 Å². The average Bonchev–Trinajstić information content (AvgIpc) is 3.22. The standard InChI is InChI=1S/C24H25N3O3S/c1-15-10-11-16-19(14-25)22(31-20(16)13-15)26-21(28)9-3-2-6-12-27-23(29)17-7-4-5-8-18(17)24(27)30/h4-5,7-8,15H,2-3,6,9-13H2,1H3,(H,26,28). The molecule has 0 fully saturated rings. The van der Waals surface area contributed by atoms with E-state index in [0.29, 0.717) is 53.4 Å². The van der Waals surface area contributed by atoms with E-state index in [1.54, 1.807) is 24.3 Å². The van der Waals surface area contributed by atoms with E-state index in [-0.39, 0.29) is 17.7 Å². The lowest BCUT2D eigenvalue weighted by molar-refractivity contribution is -0.116. The van der Waals surface area contributed by atoms with Crippen molar-refractivity contribution in [2.45, 2.75) is 51.9 Å². The lowest BCUT2D eigenvalue weighted by Crippen LogP contribution is -2.30. The molecule has 1 aliphatic heterocycles. The predicted molar refractivity (Wildman–Crippen MR) is 119 cm³/mol. The highest BCUT2D eigenvalue weighted by atomic mass is 32.1. The van der Waals surface area contributed by atoms with Gasteiger partial charge in [-0.2, -0.15) is 5.26 Å². The van der Waals surface area contributed by atoms with E-state index < -0.39 is 0 Å². The van der Waals surface area contributed by atoms with Crippen LogP contribution in [-0.4, -0.2) is 29.2 Å². The van der Waals surface area contributed by atoms with Crippen LogP contribution in [0.5, 0.6) is 0 Å². The number of thiophene rings is 1. The van der Waals surface area contributed by atoms with Crippen LogP contribution in [0.4, 0.5) is 5.00 Å². The van der Waals surface area contributed by atoms with Crippen molar-refractivity contribution < 1.29 is 14.4 Å². The van der Waals surface area contributed by atoms with Crippen molar-refractivity contribution in [2.24, 2.45) is 5.92 Å². The molecule has 0 bridgehead atoms. The zero-order valence-electron chi connectivity index (χ0n) is 17.6. The van der Waals surface area contributed by atoms with Crippen LogP contribution in [0.1, 0.15) is 75.7 Å². The smallest absolute Gasteiger partial charge is 0.261 e. The minimum atomic E-state index is -0.238. The summed E-state index contributed by atoms with van der Waals surface area (Å²) in [4.78, 5) is 39.6. The summed E-state index contributed by atoms with van der Waals surface area (Å²) in [5.41, 5.74) is 2.68. The third-order valence-corrected chi connectivity index (χ3v) is 7.21. The topological polar surface area (TPSA) is 90.3 Å². The summed E-state index contributed by atoms with van der Waals surface area (Å²) in [5, 5.41) is 13.2. The van der Waals surface area contributed by atoms with Crippen LogP contribution >= 0.6 is 11.3 Å². The number of imide groups is 1. The summed E-state index contributed by atoms with van der Waals surface area (Å²) in [6, 6.07) is 9.15. The molecule has 0 radical (unpaired) electrons. The molecule has 0 saturated heterocycles. The summed E-state index contributed by atoms with van der Waals surface area (Å²) >= 11 is 1.54. The van der Waals surface area contributed by atoms with Gasteiger partial charge in [0.1, 0.15) is 11.1 Å². The van der Waals surface area contributed by atoms with Gasteiger partial charge in [-0.05, 0) is 55.7 Å². The van der Waals surface area contributed by atoms with Gasteiger partial charge in [0.05, 0.1) is 16.7 Å². The Bertz CT molecular complexity index is 1050. The van der Waals surface area contributed by atoms with E-state index in [2.05, 4.69) is 18.3 Å². The molecule has 6 nitrogen and oxygen atoms in total. The van der Waals surface area contributed by atoms with Gasteiger partial charge in [-0.25, -0.2) is 0 Å². The Labute approximate surface area is 185 Å². The first-order chi connectivity index (χ1) is 15.0. The predicted octanol–water partition coefficient (Wildman–Crippen LogP) is 4.54. The van der Waals surface area contributed by atoms with Crippen LogP contribution in [0.25, 0.3) is 0 Å². The molecule has 7 heteroatoms. The molecular weight excluding hydrogens is 410 g/mol.